The van der Waals surface area contributed by atoms with Crippen LogP contribution in [0.5, 0.6) is 0 Å². The first-order valence-electron chi connectivity index (χ1n) is 7.30. The summed E-state index contributed by atoms with van der Waals surface area (Å²) in [5, 5.41) is 8.62. The van der Waals surface area contributed by atoms with Crippen molar-refractivity contribution in [2.24, 2.45) is 5.92 Å². The molecule has 0 spiro atoms. The number of allylic oxidation sites excluding steroid dienone is 2. The van der Waals surface area contributed by atoms with Gasteiger partial charge in [0, 0.05) is 11.9 Å². The van der Waals surface area contributed by atoms with E-state index >= 15 is 0 Å². The van der Waals surface area contributed by atoms with Crippen LogP contribution in [0, 0.1) is 17.2 Å². The Bertz CT molecular complexity index is 550. The SMILES string of the molecule is CC(C)=C(C#N)C(=O)OCC(C)C.CC(C)=Cc1ccc[nH]1. The van der Waals surface area contributed by atoms with E-state index < -0.39 is 5.97 Å². The third kappa shape index (κ3) is 8.80. The average Bonchev–Trinajstić information content (AvgIpc) is 2.89. The van der Waals surface area contributed by atoms with Crippen LogP contribution >= 0.6 is 0 Å². The summed E-state index contributed by atoms with van der Waals surface area (Å²) in [6.07, 6.45) is 4.04. The van der Waals surface area contributed by atoms with Crippen LogP contribution in [0.2, 0.25) is 0 Å². The van der Waals surface area contributed by atoms with Crippen LogP contribution in [-0.4, -0.2) is 17.6 Å². The number of rotatable bonds is 4. The van der Waals surface area contributed by atoms with Crippen LogP contribution in [-0.2, 0) is 9.53 Å². The minimum Gasteiger partial charge on any atom is -0.461 e. The molecule has 0 saturated heterocycles. The van der Waals surface area contributed by atoms with Gasteiger partial charge in [0.05, 0.1) is 6.61 Å². The molecule has 1 heterocycles. The normalized spacial score (nSPS) is 9.18. The highest BCUT2D eigenvalue weighted by Crippen LogP contribution is 2.05. The molecule has 4 nitrogen and oxygen atoms in total. The summed E-state index contributed by atoms with van der Waals surface area (Å²) in [6.45, 7) is 11.9. The number of hydrogen-bond acceptors (Lipinski definition) is 3. The fraction of sp³-hybridized carbons (Fsp3) is 0.444. The van der Waals surface area contributed by atoms with E-state index in [-0.39, 0.29) is 5.57 Å². The summed E-state index contributed by atoms with van der Waals surface area (Å²) in [4.78, 5) is 14.3. The van der Waals surface area contributed by atoms with Crippen molar-refractivity contribution < 1.29 is 9.53 Å². The molecule has 0 radical (unpaired) electrons. The first kappa shape index (κ1) is 19.7. The molecule has 0 atom stereocenters. The van der Waals surface area contributed by atoms with E-state index in [0.717, 1.165) is 0 Å². The van der Waals surface area contributed by atoms with Gasteiger partial charge in [-0.15, -0.1) is 0 Å². The Balaban J connectivity index is 0.000000425. The van der Waals surface area contributed by atoms with Crippen molar-refractivity contribution >= 4 is 12.0 Å². The van der Waals surface area contributed by atoms with Crippen molar-refractivity contribution in [2.75, 3.05) is 6.61 Å². The van der Waals surface area contributed by atoms with Crippen molar-refractivity contribution in [1.82, 2.24) is 4.98 Å². The van der Waals surface area contributed by atoms with E-state index in [1.165, 1.54) is 11.3 Å². The van der Waals surface area contributed by atoms with Crippen molar-refractivity contribution in [1.29, 1.82) is 5.26 Å². The molecule has 0 aliphatic heterocycles. The van der Waals surface area contributed by atoms with Gasteiger partial charge in [-0.25, -0.2) is 4.79 Å². The summed E-state index contributed by atoms with van der Waals surface area (Å²) in [7, 11) is 0. The van der Waals surface area contributed by atoms with Gasteiger partial charge in [-0.2, -0.15) is 5.26 Å². The number of aromatic amines is 1. The highest BCUT2D eigenvalue weighted by Gasteiger charge is 2.12. The molecule has 1 N–H and O–H groups in total. The molecule has 0 amide bonds. The van der Waals surface area contributed by atoms with Crippen LogP contribution in [0.15, 0.2) is 35.0 Å². The van der Waals surface area contributed by atoms with Crippen molar-refractivity contribution in [3.63, 3.8) is 0 Å². The van der Waals surface area contributed by atoms with Crippen LogP contribution in [0.1, 0.15) is 47.2 Å². The lowest BCUT2D eigenvalue weighted by atomic mass is 10.2. The van der Waals surface area contributed by atoms with E-state index in [0.29, 0.717) is 18.1 Å². The fourth-order valence-corrected chi connectivity index (χ4v) is 1.42. The van der Waals surface area contributed by atoms with Crippen molar-refractivity contribution in [2.45, 2.75) is 41.5 Å². The second-order valence-corrected chi connectivity index (χ2v) is 5.83. The van der Waals surface area contributed by atoms with Crippen LogP contribution in [0.3, 0.4) is 0 Å². The number of nitriles is 1. The lowest BCUT2D eigenvalue weighted by Gasteiger charge is -2.06. The first-order chi connectivity index (χ1) is 10.3. The summed E-state index contributed by atoms with van der Waals surface area (Å²) in [6, 6.07) is 5.87. The molecule has 1 aromatic heterocycles. The van der Waals surface area contributed by atoms with Gasteiger partial charge < -0.3 is 9.72 Å². The Morgan fingerprint density at radius 2 is 2.00 bits per heavy atom. The molecule has 1 rings (SSSR count). The Hall–Kier alpha value is -2.28. The van der Waals surface area contributed by atoms with E-state index in [1.54, 1.807) is 13.8 Å². The number of hydrogen-bond donors (Lipinski definition) is 1. The van der Waals surface area contributed by atoms with E-state index in [2.05, 4.69) is 24.9 Å². The lowest BCUT2D eigenvalue weighted by molar-refractivity contribution is -0.139. The van der Waals surface area contributed by atoms with Gasteiger partial charge in [-0.05, 0) is 51.8 Å². The van der Waals surface area contributed by atoms with E-state index in [4.69, 9.17) is 10.00 Å². The molecule has 0 bridgehead atoms. The molecule has 0 fully saturated rings. The largest absolute Gasteiger partial charge is 0.461 e. The summed E-state index contributed by atoms with van der Waals surface area (Å²) >= 11 is 0. The smallest absolute Gasteiger partial charge is 0.348 e. The zero-order valence-electron chi connectivity index (χ0n) is 14.4. The molecule has 0 aliphatic carbocycles. The van der Waals surface area contributed by atoms with E-state index in [1.807, 2.05) is 38.2 Å². The molecule has 0 aromatic carbocycles. The maximum atomic E-state index is 11.2. The Kier molecular flexibility index (Phi) is 9.36. The minimum absolute atomic E-state index is 0.112. The molecule has 4 heteroatoms. The monoisotopic (exact) mass is 302 g/mol. The third-order valence-corrected chi connectivity index (χ3v) is 2.43. The maximum absolute atomic E-state index is 11.2. The number of aromatic nitrogens is 1. The standard InChI is InChI=1S/C10H15NO2.C8H11N/c1-7(2)6-13-10(12)9(5-11)8(3)4;1-7(2)6-8-4-3-5-9-8/h7H,6H2,1-4H3;3-6,9H,1-2H3. The Morgan fingerprint density at radius 3 is 2.36 bits per heavy atom. The number of nitrogens with zero attached hydrogens (tertiary/aromatic N) is 1. The topological polar surface area (TPSA) is 65.9 Å². The van der Waals surface area contributed by atoms with Crippen LogP contribution < -0.4 is 0 Å². The first-order valence-corrected chi connectivity index (χ1v) is 7.30. The molecular weight excluding hydrogens is 276 g/mol. The van der Waals surface area contributed by atoms with Crippen LogP contribution in [0.25, 0.3) is 6.08 Å². The summed E-state index contributed by atoms with van der Waals surface area (Å²) in [5.74, 6) is -0.225. The van der Waals surface area contributed by atoms with Crippen LogP contribution in [0.4, 0.5) is 0 Å². The highest BCUT2D eigenvalue weighted by atomic mass is 16.5. The maximum Gasteiger partial charge on any atom is 0.348 e. The van der Waals surface area contributed by atoms with Gasteiger partial charge in [0.25, 0.3) is 0 Å². The number of nitrogens with one attached hydrogen (secondary N) is 1. The fourth-order valence-electron chi connectivity index (χ4n) is 1.42. The predicted molar refractivity (Wildman–Crippen MR) is 89.9 cm³/mol. The number of carbonyl (C=O) groups excluding carboxylic acids is 1. The predicted octanol–water partition coefficient (Wildman–Crippen LogP) is 4.48. The Morgan fingerprint density at radius 1 is 1.36 bits per heavy atom. The minimum atomic E-state index is -0.517. The van der Waals surface area contributed by atoms with Crippen molar-refractivity contribution in [3.05, 3.63) is 40.7 Å². The number of H-pyrrole nitrogens is 1. The molecule has 0 aliphatic rings. The third-order valence-electron chi connectivity index (χ3n) is 2.43. The zero-order chi connectivity index (χ0) is 17.1. The van der Waals surface area contributed by atoms with Gasteiger partial charge in [-0.1, -0.05) is 25.0 Å². The average molecular weight is 302 g/mol. The second kappa shape index (κ2) is 10.4. The van der Waals surface area contributed by atoms with Gasteiger partial charge in [0.2, 0.25) is 0 Å². The second-order valence-electron chi connectivity index (χ2n) is 5.83. The number of carbonyl (C=O) groups is 1. The zero-order valence-corrected chi connectivity index (χ0v) is 14.4. The lowest BCUT2D eigenvalue weighted by Crippen LogP contribution is -2.12. The summed E-state index contributed by atoms with van der Waals surface area (Å²) in [5.41, 5.74) is 3.30. The van der Waals surface area contributed by atoms with Gasteiger partial charge in [-0.3, -0.25) is 0 Å². The quantitative estimate of drug-likeness (QED) is 0.506. The molecule has 0 saturated carbocycles. The molecule has 1 aromatic rings. The van der Waals surface area contributed by atoms with Crippen molar-refractivity contribution in [3.8, 4) is 6.07 Å². The summed E-state index contributed by atoms with van der Waals surface area (Å²) < 4.78 is 4.90. The molecular formula is C18H26N2O2. The van der Waals surface area contributed by atoms with Gasteiger partial charge >= 0.3 is 5.97 Å². The highest BCUT2D eigenvalue weighted by molar-refractivity contribution is 5.93. The number of esters is 1. The van der Waals surface area contributed by atoms with E-state index in [9.17, 15) is 4.79 Å². The Labute approximate surface area is 133 Å². The van der Waals surface area contributed by atoms with Gasteiger partial charge in [0.1, 0.15) is 11.6 Å². The van der Waals surface area contributed by atoms with Gasteiger partial charge in [0.15, 0.2) is 0 Å². The molecule has 22 heavy (non-hydrogen) atoms. The molecule has 0 unspecified atom stereocenters. The number of ether oxygens (including phenoxy) is 1. The molecule has 120 valence electrons.